The molecule has 1 aliphatic carbocycles. The van der Waals surface area contributed by atoms with Gasteiger partial charge in [-0.1, -0.05) is 6.92 Å². The first-order valence-electron chi connectivity index (χ1n) is 6.92. The molecule has 5 heteroatoms. The number of hydrogen-bond donors (Lipinski definition) is 0. The predicted molar refractivity (Wildman–Crippen MR) is 77.9 cm³/mol. The molecule has 0 bridgehead atoms. The van der Waals surface area contributed by atoms with Crippen molar-refractivity contribution in [3.63, 3.8) is 0 Å². The van der Waals surface area contributed by atoms with E-state index in [-0.39, 0.29) is 11.6 Å². The maximum atomic E-state index is 13.8. The monoisotopic (exact) mass is 296 g/mol. The second kappa shape index (κ2) is 5.24. The molecule has 3 rings (SSSR count). The summed E-state index contributed by atoms with van der Waals surface area (Å²) in [5.41, 5.74) is 1.61. The van der Waals surface area contributed by atoms with Gasteiger partial charge in [-0.25, -0.2) is 9.37 Å². The molecule has 1 aromatic carbocycles. The lowest BCUT2D eigenvalue weighted by molar-refractivity contribution is 0.387. The lowest BCUT2D eigenvalue weighted by Gasteiger charge is -2.09. The topological polar surface area (TPSA) is 27.1 Å². The summed E-state index contributed by atoms with van der Waals surface area (Å²) in [5.74, 6) is 2.79. The first kappa shape index (κ1) is 13.7. The fourth-order valence-electron chi connectivity index (χ4n) is 2.70. The van der Waals surface area contributed by atoms with Gasteiger partial charge < -0.3 is 9.30 Å². The fourth-order valence-corrected chi connectivity index (χ4v) is 2.87. The molecular weight excluding hydrogens is 279 g/mol. The van der Waals surface area contributed by atoms with Gasteiger partial charge in [0, 0.05) is 31.0 Å². The molecule has 0 amide bonds. The summed E-state index contributed by atoms with van der Waals surface area (Å²) >= 11 is 5.85. The van der Waals surface area contributed by atoms with Gasteiger partial charge in [0.1, 0.15) is 5.82 Å². The minimum atomic E-state index is -0.373. The Morgan fingerprint density at radius 3 is 2.85 bits per heavy atom. The quantitative estimate of drug-likeness (QED) is 0.788. The largest absolute Gasteiger partial charge is 0.494 e. The number of nitrogens with zero attached hydrogens (tertiary/aromatic N) is 2. The van der Waals surface area contributed by atoms with Gasteiger partial charge in [0.15, 0.2) is 11.6 Å². The van der Waals surface area contributed by atoms with Crippen LogP contribution >= 0.6 is 11.6 Å². The molecule has 0 N–H and O–H groups in total. The molecular formula is C15H18ClFN2O. The van der Waals surface area contributed by atoms with Crippen molar-refractivity contribution >= 4 is 22.6 Å². The van der Waals surface area contributed by atoms with Gasteiger partial charge in [-0.3, -0.25) is 0 Å². The van der Waals surface area contributed by atoms with Crippen LogP contribution in [0.3, 0.4) is 0 Å². The van der Waals surface area contributed by atoms with E-state index in [0.717, 1.165) is 23.8 Å². The predicted octanol–water partition coefficient (Wildman–Crippen LogP) is 3.62. The van der Waals surface area contributed by atoms with Gasteiger partial charge in [-0.2, -0.15) is 0 Å². The van der Waals surface area contributed by atoms with Crippen LogP contribution in [0.15, 0.2) is 12.1 Å². The SMILES string of the molecule is COc1cc2c(cc1F)nc(CCCl)n2CC1CC1C. The second-order valence-electron chi connectivity index (χ2n) is 5.53. The van der Waals surface area contributed by atoms with E-state index < -0.39 is 0 Å². The van der Waals surface area contributed by atoms with Crippen molar-refractivity contribution in [3.05, 3.63) is 23.8 Å². The molecule has 1 aromatic heterocycles. The molecule has 1 heterocycles. The van der Waals surface area contributed by atoms with Crippen LogP contribution in [0.4, 0.5) is 4.39 Å². The van der Waals surface area contributed by atoms with E-state index >= 15 is 0 Å². The van der Waals surface area contributed by atoms with Gasteiger partial charge in [0.25, 0.3) is 0 Å². The van der Waals surface area contributed by atoms with Crippen molar-refractivity contribution in [1.29, 1.82) is 0 Å². The third kappa shape index (κ3) is 2.37. The molecule has 3 nitrogen and oxygen atoms in total. The number of aryl methyl sites for hydroxylation is 1. The highest BCUT2D eigenvalue weighted by atomic mass is 35.5. The van der Waals surface area contributed by atoms with Crippen molar-refractivity contribution in [2.24, 2.45) is 11.8 Å². The number of alkyl halides is 1. The maximum Gasteiger partial charge on any atom is 0.167 e. The number of imidazole rings is 1. The number of methoxy groups -OCH3 is 1. The zero-order chi connectivity index (χ0) is 14.3. The zero-order valence-electron chi connectivity index (χ0n) is 11.7. The molecule has 2 atom stereocenters. The number of halogens is 2. The number of aromatic nitrogens is 2. The highest BCUT2D eigenvalue weighted by Crippen LogP contribution is 2.40. The Hall–Kier alpha value is -1.29. The standard InChI is InChI=1S/C15H18ClFN2O/c1-9-5-10(9)8-19-13-7-14(20-2)11(17)6-12(13)18-15(19)3-4-16/h6-7,9-10H,3-5,8H2,1-2H3. The first-order valence-corrected chi connectivity index (χ1v) is 7.46. The fraction of sp³-hybridized carbons (Fsp3) is 0.533. The van der Waals surface area contributed by atoms with Gasteiger partial charge in [0.05, 0.1) is 18.1 Å². The molecule has 1 fully saturated rings. The maximum absolute atomic E-state index is 13.8. The zero-order valence-corrected chi connectivity index (χ0v) is 12.5. The Bertz CT molecular complexity index is 640. The minimum absolute atomic E-state index is 0.264. The van der Waals surface area contributed by atoms with Gasteiger partial charge in [-0.15, -0.1) is 11.6 Å². The number of ether oxygens (including phenoxy) is 1. The second-order valence-corrected chi connectivity index (χ2v) is 5.90. The van der Waals surface area contributed by atoms with Crippen molar-refractivity contribution < 1.29 is 9.13 Å². The van der Waals surface area contributed by atoms with Crippen LogP contribution in [0.25, 0.3) is 11.0 Å². The minimum Gasteiger partial charge on any atom is -0.494 e. The molecule has 1 saturated carbocycles. The van der Waals surface area contributed by atoms with E-state index in [1.165, 1.54) is 19.6 Å². The lowest BCUT2D eigenvalue weighted by atomic mass is 10.2. The summed E-state index contributed by atoms with van der Waals surface area (Å²) in [7, 11) is 1.48. The van der Waals surface area contributed by atoms with Gasteiger partial charge >= 0.3 is 0 Å². The van der Waals surface area contributed by atoms with Crippen molar-refractivity contribution in [1.82, 2.24) is 9.55 Å². The van der Waals surface area contributed by atoms with E-state index in [9.17, 15) is 4.39 Å². The third-order valence-corrected chi connectivity index (χ3v) is 4.30. The van der Waals surface area contributed by atoms with E-state index in [4.69, 9.17) is 16.3 Å². The Morgan fingerprint density at radius 1 is 1.50 bits per heavy atom. The molecule has 0 spiro atoms. The lowest BCUT2D eigenvalue weighted by Crippen LogP contribution is -2.07. The smallest absolute Gasteiger partial charge is 0.167 e. The van der Waals surface area contributed by atoms with E-state index in [1.807, 2.05) is 0 Å². The third-order valence-electron chi connectivity index (χ3n) is 4.11. The molecule has 0 radical (unpaired) electrons. The molecule has 20 heavy (non-hydrogen) atoms. The Balaban J connectivity index is 2.08. The summed E-state index contributed by atoms with van der Waals surface area (Å²) in [4.78, 5) is 4.53. The van der Waals surface area contributed by atoms with E-state index in [0.29, 0.717) is 23.7 Å². The van der Waals surface area contributed by atoms with Crippen molar-refractivity contribution in [2.45, 2.75) is 26.3 Å². The molecule has 2 aromatic rings. The van der Waals surface area contributed by atoms with E-state index in [2.05, 4.69) is 16.5 Å². The van der Waals surface area contributed by atoms with Crippen LogP contribution in [-0.4, -0.2) is 22.5 Å². The highest BCUT2D eigenvalue weighted by molar-refractivity contribution is 6.17. The van der Waals surface area contributed by atoms with Crippen LogP contribution in [0.1, 0.15) is 19.2 Å². The Labute approximate surface area is 122 Å². The number of benzene rings is 1. The van der Waals surface area contributed by atoms with Gasteiger partial charge in [-0.05, 0) is 18.3 Å². The van der Waals surface area contributed by atoms with Crippen molar-refractivity contribution in [3.8, 4) is 5.75 Å². The average Bonchev–Trinajstić information content (AvgIpc) is 3.02. The number of rotatable bonds is 5. The summed E-state index contributed by atoms with van der Waals surface area (Å²) in [6, 6.07) is 3.18. The van der Waals surface area contributed by atoms with Gasteiger partial charge in [0.2, 0.25) is 0 Å². The summed E-state index contributed by atoms with van der Waals surface area (Å²) in [5, 5.41) is 0. The highest BCUT2D eigenvalue weighted by Gasteiger charge is 2.33. The Morgan fingerprint density at radius 2 is 2.25 bits per heavy atom. The molecule has 2 unspecified atom stereocenters. The normalized spacial score (nSPS) is 21.4. The van der Waals surface area contributed by atoms with Crippen LogP contribution in [0, 0.1) is 17.7 Å². The van der Waals surface area contributed by atoms with Crippen LogP contribution in [-0.2, 0) is 13.0 Å². The molecule has 0 saturated heterocycles. The van der Waals surface area contributed by atoms with Crippen molar-refractivity contribution in [2.75, 3.05) is 13.0 Å². The number of fused-ring (bicyclic) bond motifs is 1. The summed E-state index contributed by atoms with van der Waals surface area (Å²) in [6.45, 7) is 3.18. The molecule has 108 valence electrons. The van der Waals surface area contributed by atoms with Crippen LogP contribution in [0.2, 0.25) is 0 Å². The summed E-state index contributed by atoms with van der Waals surface area (Å²) in [6.07, 6.45) is 1.94. The summed E-state index contributed by atoms with van der Waals surface area (Å²) < 4.78 is 21.0. The number of hydrogen-bond acceptors (Lipinski definition) is 2. The van der Waals surface area contributed by atoms with Crippen LogP contribution < -0.4 is 4.74 Å². The molecule has 1 aliphatic rings. The van der Waals surface area contributed by atoms with Crippen LogP contribution in [0.5, 0.6) is 5.75 Å². The van der Waals surface area contributed by atoms with E-state index in [1.54, 1.807) is 6.07 Å². The average molecular weight is 297 g/mol. The Kier molecular flexibility index (Phi) is 3.59. The molecule has 0 aliphatic heterocycles. The first-order chi connectivity index (χ1) is 9.63.